The van der Waals surface area contributed by atoms with Crippen LogP contribution < -0.4 is 19.5 Å². The van der Waals surface area contributed by atoms with Crippen LogP contribution in [0.25, 0.3) is 33.3 Å². The number of nitrogens with zero attached hydrogens (tertiary/aromatic N) is 2. The zero-order valence-electron chi connectivity index (χ0n) is 20.4. The number of rotatable bonds is 7. The maximum Gasteiger partial charge on any atom is 0.134 e. The SMILES string of the molecule is COc1cc(OC)c(-c2ccc3c(Nc4ccnc(-c5cc(F)ccc5F)c4)ccnc3c2)c(OC)c1. The maximum atomic E-state index is 14.3. The molecule has 0 fully saturated rings. The summed E-state index contributed by atoms with van der Waals surface area (Å²) in [6.07, 6.45) is 3.25. The third kappa shape index (κ3) is 4.73. The smallest absolute Gasteiger partial charge is 0.134 e. The van der Waals surface area contributed by atoms with E-state index in [-0.39, 0.29) is 5.56 Å². The van der Waals surface area contributed by atoms with E-state index in [1.54, 1.807) is 58.0 Å². The van der Waals surface area contributed by atoms with Gasteiger partial charge < -0.3 is 19.5 Å². The molecule has 0 aliphatic rings. The molecule has 1 N–H and O–H groups in total. The molecule has 0 radical (unpaired) electrons. The summed E-state index contributed by atoms with van der Waals surface area (Å²) in [7, 11) is 4.78. The number of fused-ring (bicyclic) bond motifs is 1. The monoisotopic (exact) mass is 499 g/mol. The number of anilines is 2. The molecule has 5 rings (SSSR count). The van der Waals surface area contributed by atoms with Crippen LogP contribution in [0, 0.1) is 11.6 Å². The highest BCUT2D eigenvalue weighted by atomic mass is 19.1. The van der Waals surface area contributed by atoms with Gasteiger partial charge in [0.2, 0.25) is 0 Å². The molecule has 3 aromatic carbocycles. The van der Waals surface area contributed by atoms with Crippen molar-refractivity contribution in [2.75, 3.05) is 26.6 Å². The van der Waals surface area contributed by atoms with Crippen molar-refractivity contribution in [3.8, 4) is 39.6 Å². The first kappa shape index (κ1) is 24.0. The van der Waals surface area contributed by atoms with Gasteiger partial charge in [0.1, 0.15) is 28.9 Å². The van der Waals surface area contributed by atoms with E-state index in [9.17, 15) is 8.78 Å². The molecule has 37 heavy (non-hydrogen) atoms. The molecule has 0 amide bonds. The van der Waals surface area contributed by atoms with Gasteiger partial charge in [0, 0.05) is 46.9 Å². The van der Waals surface area contributed by atoms with Crippen molar-refractivity contribution in [2.24, 2.45) is 0 Å². The molecule has 0 aliphatic carbocycles. The first-order valence-corrected chi connectivity index (χ1v) is 11.4. The molecular weight excluding hydrogens is 476 g/mol. The Kier molecular flexibility index (Phi) is 6.55. The Morgan fingerprint density at radius 2 is 1.49 bits per heavy atom. The number of pyridine rings is 2. The Morgan fingerprint density at radius 1 is 0.730 bits per heavy atom. The molecule has 0 saturated carbocycles. The largest absolute Gasteiger partial charge is 0.496 e. The fourth-order valence-electron chi connectivity index (χ4n) is 4.21. The van der Waals surface area contributed by atoms with Gasteiger partial charge in [0.05, 0.1) is 38.1 Å². The second-order valence-electron chi connectivity index (χ2n) is 8.18. The Bertz CT molecular complexity index is 1580. The topological polar surface area (TPSA) is 65.5 Å². The van der Waals surface area contributed by atoms with Gasteiger partial charge in [-0.15, -0.1) is 0 Å². The maximum absolute atomic E-state index is 14.3. The minimum absolute atomic E-state index is 0.0928. The van der Waals surface area contributed by atoms with E-state index in [0.717, 1.165) is 45.9 Å². The molecule has 0 saturated heterocycles. The number of ether oxygens (including phenoxy) is 3. The number of methoxy groups -OCH3 is 3. The van der Waals surface area contributed by atoms with Gasteiger partial charge in [-0.05, 0) is 48.0 Å². The van der Waals surface area contributed by atoms with E-state index in [2.05, 4.69) is 15.3 Å². The molecule has 2 heterocycles. The van der Waals surface area contributed by atoms with Crippen LogP contribution in [-0.2, 0) is 0 Å². The van der Waals surface area contributed by atoms with Crippen LogP contribution in [0.4, 0.5) is 20.2 Å². The third-order valence-corrected chi connectivity index (χ3v) is 5.99. The van der Waals surface area contributed by atoms with E-state index in [0.29, 0.717) is 28.6 Å². The summed E-state index contributed by atoms with van der Waals surface area (Å²) in [5, 5.41) is 4.22. The van der Waals surface area contributed by atoms with E-state index in [1.165, 1.54) is 0 Å². The van der Waals surface area contributed by atoms with Gasteiger partial charge in [-0.2, -0.15) is 0 Å². The number of nitrogens with one attached hydrogen (secondary N) is 1. The lowest BCUT2D eigenvalue weighted by molar-refractivity contribution is 0.377. The minimum atomic E-state index is -0.544. The van der Waals surface area contributed by atoms with Crippen molar-refractivity contribution in [1.29, 1.82) is 0 Å². The predicted octanol–water partition coefficient (Wildman–Crippen LogP) is 7.01. The zero-order chi connectivity index (χ0) is 25.9. The average molecular weight is 500 g/mol. The van der Waals surface area contributed by atoms with E-state index >= 15 is 0 Å². The van der Waals surface area contributed by atoms with Gasteiger partial charge >= 0.3 is 0 Å². The molecule has 0 bridgehead atoms. The lowest BCUT2D eigenvalue weighted by atomic mass is 10.0. The quantitative estimate of drug-likeness (QED) is 0.260. The summed E-state index contributed by atoms with van der Waals surface area (Å²) in [5.41, 5.74) is 4.26. The zero-order valence-corrected chi connectivity index (χ0v) is 20.4. The van der Waals surface area contributed by atoms with E-state index in [1.807, 2.05) is 24.3 Å². The average Bonchev–Trinajstić information content (AvgIpc) is 2.93. The fraction of sp³-hybridized carbons (Fsp3) is 0.103. The van der Waals surface area contributed by atoms with Gasteiger partial charge in [-0.3, -0.25) is 9.97 Å². The molecular formula is C29H23F2N3O3. The standard InChI is InChI=1S/C29H23F2N3O3/c1-35-20-15-27(36-2)29(28(16-20)37-3)17-4-6-21-24(9-11-33-25(21)12-17)34-19-8-10-32-26(14-19)22-13-18(30)5-7-23(22)31/h4-16H,1-3H3,(H,32,33,34). The van der Waals surface area contributed by atoms with E-state index in [4.69, 9.17) is 14.2 Å². The van der Waals surface area contributed by atoms with Crippen molar-refractivity contribution < 1.29 is 23.0 Å². The van der Waals surface area contributed by atoms with Gasteiger partial charge in [-0.1, -0.05) is 12.1 Å². The summed E-state index contributed by atoms with van der Waals surface area (Å²) in [6, 6.07) is 18.0. The van der Waals surface area contributed by atoms with Crippen molar-refractivity contribution in [2.45, 2.75) is 0 Å². The first-order chi connectivity index (χ1) is 18.0. The summed E-state index contributed by atoms with van der Waals surface area (Å²) in [5.74, 6) is 0.769. The Labute approximate surface area is 212 Å². The fourth-order valence-corrected chi connectivity index (χ4v) is 4.21. The summed E-state index contributed by atoms with van der Waals surface area (Å²) in [6.45, 7) is 0. The van der Waals surface area contributed by atoms with Crippen LogP contribution in [0.1, 0.15) is 0 Å². The normalized spacial score (nSPS) is 10.8. The van der Waals surface area contributed by atoms with Gasteiger partial charge in [-0.25, -0.2) is 8.78 Å². The van der Waals surface area contributed by atoms with Crippen LogP contribution in [0.3, 0.4) is 0 Å². The molecule has 2 aromatic heterocycles. The highest BCUT2D eigenvalue weighted by molar-refractivity contribution is 5.96. The lowest BCUT2D eigenvalue weighted by Gasteiger charge is -2.16. The van der Waals surface area contributed by atoms with Gasteiger partial charge in [0.15, 0.2) is 0 Å². The molecule has 186 valence electrons. The van der Waals surface area contributed by atoms with Crippen LogP contribution in [0.5, 0.6) is 17.2 Å². The van der Waals surface area contributed by atoms with Crippen molar-refractivity contribution in [3.63, 3.8) is 0 Å². The number of hydrogen-bond acceptors (Lipinski definition) is 6. The van der Waals surface area contributed by atoms with Crippen LogP contribution in [0.15, 0.2) is 79.1 Å². The number of hydrogen-bond donors (Lipinski definition) is 1. The van der Waals surface area contributed by atoms with Crippen LogP contribution >= 0.6 is 0 Å². The third-order valence-electron chi connectivity index (χ3n) is 5.99. The second-order valence-corrected chi connectivity index (χ2v) is 8.18. The highest BCUT2D eigenvalue weighted by Gasteiger charge is 2.17. The number of halogens is 2. The van der Waals surface area contributed by atoms with Crippen molar-refractivity contribution >= 4 is 22.3 Å². The van der Waals surface area contributed by atoms with Crippen molar-refractivity contribution in [3.05, 3.63) is 90.8 Å². The summed E-state index contributed by atoms with van der Waals surface area (Å²) in [4.78, 5) is 8.76. The van der Waals surface area contributed by atoms with Crippen LogP contribution in [0.2, 0.25) is 0 Å². The Morgan fingerprint density at radius 3 is 2.22 bits per heavy atom. The van der Waals surface area contributed by atoms with Crippen molar-refractivity contribution in [1.82, 2.24) is 9.97 Å². The number of benzene rings is 3. The Balaban J connectivity index is 1.53. The molecule has 6 nitrogen and oxygen atoms in total. The molecule has 0 spiro atoms. The lowest BCUT2D eigenvalue weighted by Crippen LogP contribution is -1.97. The molecule has 5 aromatic rings. The number of aromatic nitrogens is 2. The molecule has 8 heteroatoms. The van der Waals surface area contributed by atoms with Crippen LogP contribution in [-0.4, -0.2) is 31.3 Å². The molecule has 0 aliphatic heterocycles. The highest BCUT2D eigenvalue weighted by Crippen LogP contribution is 2.43. The molecule has 0 atom stereocenters. The minimum Gasteiger partial charge on any atom is -0.496 e. The Hall–Kier alpha value is -4.72. The van der Waals surface area contributed by atoms with Gasteiger partial charge in [0.25, 0.3) is 0 Å². The summed E-state index contributed by atoms with van der Waals surface area (Å²) < 4.78 is 44.6. The second kappa shape index (κ2) is 10.1. The van der Waals surface area contributed by atoms with E-state index < -0.39 is 11.6 Å². The first-order valence-electron chi connectivity index (χ1n) is 11.4. The molecule has 0 unspecified atom stereocenters. The predicted molar refractivity (Wildman–Crippen MR) is 140 cm³/mol. The summed E-state index contributed by atoms with van der Waals surface area (Å²) >= 11 is 0.